The molecule has 2 bridgehead atoms. The Bertz CT molecular complexity index is 2380. The number of hydrogen-bond acceptors (Lipinski definition) is 10. The molecular weight excluding hydrogens is 765 g/mol. The molecule has 0 spiro atoms. The Morgan fingerprint density at radius 3 is 2.38 bits per heavy atom. The van der Waals surface area contributed by atoms with E-state index in [1.54, 1.807) is 4.90 Å². The van der Waals surface area contributed by atoms with Crippen molar-refractivity contribution >= 4 is 33.5 Å². The lowest BCUT2D eigenvalue weighted by Crippen LogP contribution is -2.64. The van der Waals surface area contributed by atoms with Crippen molar-refractivity contribution in [3.63, 3.8) is 0 Å². The van der Waals surface area contributed by atoms with Gasteiger partial charge in [0.25, 0.3) is 0 Å². The van der Waals surface area contributed by atoms with Crippen LogP contribution in [0.3, 0.4) is 0 Å². The number of ether oxygens (including phenoxy) is 3. The number of alkyl halides is 3. The summed E-state index contributed by atoms with van der Waals surface area (Å²) in [5.41, 5.74) is -0.634. The average molecular weight is 806 g/mol. The summed E-state index contributed by atoms with van der Waals surface area (Å²) in [5.74, 6) is 2.35. The van der Waals surface area contributed by atoms with Gasteiger partial charge in [0.15, 0.2) is 5.82 Å². The highest BCUT2D eigenvalue weighted by atomic mass is 19.4. The maximum absolute atomic E-state index is 17.3. The van der Waals surface area contributed by atoms with Crippen LogP contribution < -0.4 is 14.4 Å². The number of aromatic hydroxyl groups is 1. The summed E-state index contributed by atoms with van der Waals surface area (Å²) in [4.78, 5) is 35.2. The average Bonchev–Trinajstić information content (AvgIpc) is 4.06. The summed E-state index contributed by atoms with van der Waals surface area (Å²) < 4.78 is 87.0. The fraction of sp³-hybridized carbons (Fsp3) is 0.512. The van der Waals surface area contributed by atoms with E-state index in [4.69, 9.17) is 20.9 Å². The first-order valence-corrected chi connectivity index (χ1v) is 19.6. The zero-order valence-electron chi connectivity index (χ0n) is 31.6. The Hall–Kier alpha value is -5.21. The minimum atomic E-state index is -4.78. The molecule has 2 aromatic heterocycles. The smallest absolute Gasteiger partial charge is 0.508 e. The molecule has 4 aromatic rings. The van der Waals surface area contributed by atoms with Crippen LogP contribution in [0.1, 0.15) is 37.7 Å². The van der Waals surface area contributed by atoms with Gasteiger partial charge in [-0.25, -0.2) is 18.6 Å². The number of phenols is 1. The number of carbonyl (C=O) groups is 1. The summed E-state index contributed by atoms with van der Waals surface area (Å²) in [6.45, 7) is 3.64. The highest BCUT2D eigenvalue weighted by Gasteiger charge is 2.51. The molecular formula is C41H40F5N7O5. The van der Waals surface area contributed by atoms with Gasteiger partial charge in [-0.2, -0.15) is 9.97 Å². The number of carbonyl (C=O) groups excluding carboxylic acids is 1. The van der Waals surface area contributed by atoms with Crippen LogP contribution in [0.5, 0.6) is 17.6 Å². The van der Waals surface area contributed by atoms with Gasteiger partial charge in [-0.15, -0.1) is 19.6 Å². The fourth-order valence-electron chi connectivity index (χ4n) is 9.73. The van der Waals surface area contributed by atoms with Crippen LogP contribution in [0.2, 0.25) is 0 Å². The number of urea groups is 1. The number of aromatic nitrogens is 3. The zero-order valence-corrected chi connectivity index (χ0v) is 31.6. The normalized spacial score (nSPS) is 24.9. The van der Waals surface area contributed by atoms with E-state index in [1.165, 1.54) is 42.7 Å². The molecule has 6 heterocycles. The number of pyridine rings is 1. The highest BCUT2D eigenvalue weighted by molar-refractivity contribution is 6.04. The largest absolute Gasteiger partial charge is 0.522 e. The molecule has 4 saturated heterocycles. The molecule has 2 aliphatic carbocycles. The Kier molecular flexibility index (Phi) is 8.58. The summed E-state index contributed by atoms with van der Waals surface area (Å²) >= 11 is 0. The predicted octanol–water partition coefficient (Wildman–Crippen LogP) is 5.92. The van der Waals surface area contributed by atoms with Gasteiger partial charge in [-0.1, -0.05) is 12.0 Å². The molecule has 6 fully saturated rings. The van der Waals surface area contributed by atoms with Gasteiger partial charge in [0.1, 0.15) is 40.1 Å². The summed E-state index contributed by atoms with van der Waals surface area (Å²) in [5, 5.41) is 11.4. The van der Waals surface area contributed by atoms with E-state index in [2.05, 4.69) is 25.5 Å². The molecule has 10 rings (SSSR count). The standard InChI is InChI=1S/C41H40F5N7O5/c1-3-28-30(42)7-4-21-11-26(54)12-29(31(21)28)34-33(43)35-32(37(47-34)56-2)36(49-38(48-35)57-20-40(8-9-40)19-50-13-22-10-23(22)14-50)51-15-24-5-6-25(16-51)53(24)39(55)52-17-27(18-52)58-41(44,45)46/h1,4,7,11-12,22-25,27,54H,5-6,8-10,13-20H2,2H3. The molecule has 4 unspecified atom stereocenters. The molecule has 304 valence electrons. The molecule has 4 atom stereocenters. The van der Waals surface area contributed by atoms with Crippen molar-refractivity contribution in [3.05, 3.63) is 41.5 Å². The fourth-order valence-corrected chi connectivity index (χ4v) is 9.73. The minimum absolute atomic E-state index is 0.0300. The summed E-state index contributed by atoms with van der Waals surface area (Å²) in [7, 11) is 1.37. The SMILES string of the molecule is C#Cc1c(F)ccc2cc(O)cc(-c3nc(OC)c4c(N5CC6CCC(C5)N6C(=O)N5CC(OC(F)(F)F)C5)nc(OCC5(CN6CC7CC7C6)CC5)nc4c3F)c12. The van der Waals surface area contributed by atoms with Crippen molar-refractivity contribution in [2.24, 2.45) is 17.3 Å². The van der Waals surface area contributed by atoms with E-state index < -0.39 is 24.1 Å². The van der Waals surface area contributed by atoms with E-state index in [-0.39, 0.29) is 106 Å². The number of nitrogens with zero attached hydrogens (tertiary/aromatic N) is 7. The first-order valence-electron chi connectivity index (χ1n) is 19.6. The maximum atomic E-state index is 17.3. The molecule has 6 aliphatic rings. The quantitative estimate of drug-likeness (QED) is 0.162. The van der Waals surface area contributed by atoms with Crippen LogP contribution in [-0.2, 0) is 4.74 Å². The van der Waals surface area contributed by atoms with Crippen molar-refractivity contribution in [2.45, 2.75) is 56.7 Å². The molecule has 2 saturated carbocycles. The number of methoxy groups -OCH3 is 1. The summed E-state index contributed by atoms with van der Waals surface area (Å²) in [6.07, 6.45) is 4.40. The van der Waals surface area contributed by atoms with Crippen molar-refractivity contribution in [1.29, 1.82) is 0 Å². The van der Waals surface area contributed by atoms with Gasteiger partial charge in [-0.05, 0) is 67.5 Å². The third-order valence-corrected chi connectivity index (χ3v) is 12.9. The second-order valence-electron chi connectivity index (χ2n) is 16.8. The number of terminal acetylenes is 1. The topological polar surface area (TPSA) is 117 Å². The van der Waals surface area contributed by atoms with E-state index in [0.29, 0.717) is 24.8 Å². The molecule has 2 aromatic carbocycles. The van der Waals surface area contributed by atoms with Gasteiger partial charge < -0.3 is 34.2 Å². The lowest BCUT2D eigenvalue weighted by atomic mass is 9.95. The van der Waals surface area contributed by atoms with Crippen LogP contribution in [-0.4, -0.2) is 125 Å². The number of amides is 2. The van der Waals surface area contributed by atoms with Crippen molar-refractivity contribution < 1.29 is 46.1 Å². The molecule has 1 N–H and O–H groups in total. The number of fused-ring (bicyclic) bond motifs is 5. The first-order chi connectivity index (χ1) is 27.8. The van der Waals surface area contributed by atoms with Gasteiger partial charge in [0.2, 0.25) is 5.88 Å². The third kappa shape index (κ3) is 6.44. The first kappa shape index (κ1) is 37.1. The van der Waals surface area contributed by atoms with Gasteiger partial charge in [0.05, 0.1) is 44.5 Å². The Balaban J connectivity index is 1.02. The predicted molar refractivity (Wildman–Crippen MR) is 200 cm³/mol. The lowest BCUT2D eigenvalue weighted by molar-refractivity contribution is -0.352. The zero-order chi connectivity index (χ0) is 40.2. The number of rotatable bonds is 9. The van der Waals surface area contributed by atoms with E-state index in [9.17, 15) is 23.1 Å². The van der Waals surface area contributed by atoms with E-state index in [0.717, 1.165) is 44.3 Å². The second kappa shape index (κ2) is 13.4. The number of anilines is 1. The molecule has 4 aliphatic heterocycles. The third-order valence-electron chi connectivity index (χ3n) is 12.9. The monoisotopic (exact) mass is 805 g/mol. The van der Waals surface area contributed by atoms with E-state index in [1.807, 2.05) is 4.90 Å². The summed E-state index contributed by atoms with van der Waals surface area (Å²) in [6, 6.07) is 4.23. The maximum Gasteiger partial charge on any atom is 0.522 e. The molecule has 0 radical (unpaired) electrons. The molecule has 12 nitrogen and oxygen atoms in total. The molecule has 58 heavy (non-hydrogen) atoms. The number of benzene rings is 2. The van der Waals surface area contributed by atoms with Crippen molar-refractivity contribution in [3.8, 4) is 41.2 Å². The number of halogens is 5. The van der Waals surface area contributed by atoms with Gasteiger partial charge >= 0.3 is 18.4 Å². The number of likely N-dealkylation sites (tertiary alicyclic amines) is 2. The van der Waals surface area contributed by atoms with Crippen LogP contribution in [0.4, 0.5) is 32.6 Å². The number of hydrogen-bond donors (Lipinski definition) is 1. The van der Waals surface area contributed by atoms with Crippen LogP contribution in [0.25, 0.3) is 32.9 Å². The minimum Gasteiger partial charge on any atom is -0.508 e. The Labute approximate surface area is 329 Å². The van der Waals surface area contributed by atoms with E-state index >= 15 is 8.78 Å². The van der Waals surface area contributed by atoms with Crippen LogP contribution >= 0.6 is 0 Å². The van der Waals surface area contributed by atoms with Crippen LogP contribution in [0, 0.1) is 41.2 Å². The van der Waals surface area contributed by atoms with Gasteiger partial charge in [0, 0.05) is 49.1 Å². The van der Waals surface area contributed by atoms with Crippen molar-refractivity contribution in [1.82, 2.24) is 29.7 Å². The number of piperidine rings is 1. The number of phenolic OH excluding ortho intramolecular Hbond substituents is 1. The second-order valence-corrected chi connectivity index (χ2v) is 16.8. The Morgan fingerprint density at radius 2 is 1.72 bits per heavy atom. The van der Waals surface area contributed by atoms with Crippen LogP contribution in [0.15, 0.2) is 24.3 Å². The molecule has 17 heteroatoms. The van der Waals surface area contributed by atoms with Crippen molar-refractivity contribution in [2.75, 3.05) is 64.4 Å². The number of piperazine rings is 1. The Morgan fingerprint density at radius 1 is 1.00 bits per heavy atom. The molecule has 2 amide bonds. The highest BCUT2D eigenvalue weighted by Crippen LogP contribution is 2.51. The van der Waals surface area contributed by atoms with Gasteiger partial charge in [-0.3, -0.25) is 4.74 Å². The lowest BCUT2D eigenvalue weighted by Gasteiger charge is -2.47.